The van der Waals surface area contributed by atoms with E-state index in [9.17, 15) is 0 Å². The van der Waals surface area contributed by atoms with E-state index in [1.807, 2.05) is 0 Å². The maximum absolute atomic E-state index is 5.94. The van der Waals surface area contributed by atoms with Gasteiger partial charge in [0.2, 0.25) is 0 Å². The van der Waals surface area contributed by atoms with Gasteiger partial charge in [0.25, 0.3) is 0 Å². The fourth-order valence-corrected chi connectivity index (χ4v) is 6.68. The van der Waals surface area contributed by atoms with E-state index in [-0.39, 0.29) is 0 Å². The smallest absolute Gasteiger partial charge is 0.177 e. The maximum atomic E-state index is 5.94. The van der Waals surface area contributed by atoms with Gasteiger partial charge in [0.05, 0.1) is 12.7 Å². The molecular weight excluding hydrogens is 243 g/mol. The van der Waals surface area contributed by atoms with Crippen LogP contribution in [0.5, 0.6) is 0 Å². The molecule has 4 fully saturated rings. The van der Waals surface area contributed by atoms with Crippen molar-refractivity contribution in [3.8, 4) is 0 Å². The van der Waals surface area contributed by atoms with E-state index in [0.29, 0.717) is 16.7 Å². The van der Waals surface area contributed by atoms with E-state index in [1.165, 1.54) is 31.2 Å². The second-order valence-electron chi connectivity index (χ2n) is 6.39. The van der Waals surface area contributed by atoms with Crippen molar-refractivity contribution in [3.63, 3.8) is 0 Å². The van der Waals surface area contributed by atoms with Crippen LogP contribution in [0.15, 0.2) is 30.3 Å². The van der Waals surface area contributed by atoms with Crippen molar-refractivity contribution in [2.45, 2.75) is 43.9 Å². The minimum atomic E-state index is -0.582. The summed E-state index contributed by atoms with van der Waals surface area (Å²) < 4.78 is 11.8. The Morgan fingerprint density at radius 3 is 2.56 bits per heavy atom. The van der Waals surface area contributed by atoms with Crippen LogP contribution in [0.4, 0.5) is 0 Å². The normalized spacial score (nSPS) is 45.4. The van der Waals surface area contributed by atoms with Crippen LogP contribution in [-0.4, -0.2) is 17.9 Å². The Hall–Kier alpha value is -0.430. The Morgan fingerprint density at radius 1 is 1.22 bits per heavy atom. The largest absolute Gasteiger partial charge is 0.331 e. The second kappa shape index (κ2) is 3.79. The van der Waals surface area contributed by atoms with Gasteiger partial charge in [-0.25, -0.2) is 0 Å². The van der Waals surface area contributed by atoms with Crippen LogP contribution < -0.4 is 0 Å². The number of hydrogen-bond donors (Lipinski definition) is 0. The van der Waals surface area contributed by atoms with Gasteiger partial charge >= 0.3 is 0 Å². The first kappa shape index (κ1) is 11.4. The zero-order valence-corrected chi connectivity index (χ0v) is 11.7. The summed E-state index contributed by atoms with van der Waals surface area (Å²) in [5.41, 5.74) is 2.07. The van der Waals surface area contributed by atoms with E-state index in [2.05, 4.69) is 37.3 Å². The van der Waals surface area contributed by atoms with Gasteiger partial charge in [-0.1, -0.05) is 30.3 Å². The molecule has 1 heterocycles. The van der Waals surface area contributed by atoms with Gasteiger partial charge in [-0.05, 0) is 43.6 Å². The summed E-state index contributed by atoms with van der Waals surface area (Å²) in [4.78, 5) is 0. The van der Waals surface area contributed by atoms with E-state index in [4.69, 9.17) is 9.05 Å². The molecule has 18 heavy (non-hydrogen) atoms. The third kappa shape index (κ3) is 1.59. The number of hydrogen-bond acceptors (Lipinski definition) is 2. The fourth-order valence-electron chi connectivity index (χ4n) is 3.99. The molecule has 3 aliphatic carbocycles. The minimum Gasteiger partial charge on any atom is -0.331 e. The Balaban J connectivity index is 1.40. The first-order valence-corrected chi connectivity index (χ1v) is 8.02. The van der Waals surface area contributed by atoms with Crippen molar-refractivity contribution in [2.24, 2.45) is 5.41 Å². The molecule has 2 bridgehead atoms. The summed E-state index contributed by atoms with van der Waals surface area (Å²) >= 11 is 0. The molecule has 1 aliphatic heterocycles. The molecule has 1 aromatic rings. The molecule has 0 amide bonds. The molecule has 2 atom stereocenters. The van der Waals surface area contributed by atoms with Crippen LogP contribution in [0.2, 0.25) is 0 Å². The second-order valence-corrected chi connectivity index (χ2v) is 8.32. The molecule has 96 valence electrons. The Bertz CT molecular complexity index is 439. The van der Waals surface area contributed by atoms with Gasteiger partial charge in [0, 0.05) is 5.16 Å². The van der Waals surface area contributed by atoms with Crippen molar-refractivity contribution in [2.75, 3.05) is 6.61 Å². The van der Waals surface area contributed by atoms with Crippen molar-refractivity contribution in [1.82, 2.24) is 0 Å². The molecule has 4 aliphatic rings. The van der Waals surface area contributed by atoms with Crippen molar-refractivity contribution < 1.29 is 9.05 Å². The zero-order chi connectivity index (χ0) is 12.2. The van der Waals surface area contributed by atoms with E-state index in [0.717, 1.165) is 6.61 Å². The fraction of sp³-hybridized carbons (Fsp3) is 0.600. The topological polar surface area (TPSA) is 18.5 Å². The van der Waals surface area contributed by atoms with Crippen molar-refractivity contribution in [1.29, 1.82) is 0 Å². The summed E-state index contributed by atoms with van der Waals surface area (Å²) in [6, 6.07) is 10.9. The summed E-state index contributed by atoms with van der Waals surface area (Å²) in [5, 5.41) is 0.439. The van der Waals surface area contributed by atoms with Crippen LogP contribution in [0.25, 0.3) is 0 Å². The van der Waals surface area contributed by atoms with Crippen LogP contribution in [0.1, 0.15) is 31.7 Å². The van der Waals surface area contributed by atoms with E-state index < -0.39 is 8.38 Å². The van der Waals surface area contributed by atoms with Crippen LogP contribution in [-0.2, 0) is 15.5 Å². The molecule has 0 aromatic heterocycles. The first-order valence-electron chi connectivity index (χ1n) is 6.84. The lowest BCUT2D eigenvalue weighted by atomic mass is 9.42. The van der Waals surface area contributed by atoms with Gasteiger partial charge in [-0.2, -0.15) is 0 Å². The Morgan fingerprint density at radius 2 is 1.94 bits per heavy atom. The molecule has 1 aromatic carbocycles. The molecule has 1 unspecified atom stereocenters. The monoisotopic (exact) mass is 262 g/mol. The molecular formula is C15H19O2P. The molecule has 0 spiro atoms. The highest BCUT2D eigenvalue weighted by Crippen LogP contribution is 2.82. The molecule has 3 heteroatoms. The highest BCUT2D eigenvalue weighted by atomic mass is 31.2. The van der Waals surface area contributed by atoms with Gasteiger partial charge < -0.3 is 9.05 Å². The summed E-state index contributed by atoms with van der Waals surface area (Å²) in [7, 11) is -0.582. The number of benzene rings is 1. The molecule has 5 rings (SSSR count). The lowest BCUT2D eigenvalue weighted by molar-refractivity contribution is -0.0870. The molecule has 3 saturated carbocycles. The minimum absolute atomic E-state index is 0.315. The lowest BCUT2D eigenvalue weighted by Gasteiger charge is -2.71. The predicted molar refractivity (Wildman–Crippen MR) is 72.6 cm³/mol. The number of rotatable bonds is 3. The van der Waals surface area contributed by atoms with Crippen LogP contribution in [0.3, 0.4) is 0 Å². The maximum Gasteiger partial charge on any atom is 0.177 e. The average Bonchev–Trinajstić information content (AvgIpc) is 2.69. The van der Waals surface area contributed by atoms with Crippen molar-refractivity contribution >= 4 is 8.38 Å². The van der Waals surface area contributed by atoms with Gasteiger partial charge in [0.1, 0.15) is 0 Å². The average molecular weight is 262 g/mol. The lowest BCUT2D eigenvalue weighted by Crippen LogP contribution is -2.66. The molecule has 0 radical (unpaired) electrons. The van der Waals surface area contributed by atoms with Gasteiger partial charge in [0.15, 0.2) is 8.38 Å². The molecule has 1 saturated heterocycles. The summed E-state index contributed by atoms with van der Waals surface area (Å²) in [5.74, 6) is 0. The van der Waals surface area contributed by atoms with Crippen molar-refractivity contribution in [3.05, 3.63) is 35.9 Å². The highest BCUT2D eigenvalue weighted by Gasteiger charge is 2.72. The zero-order valence-electron chi connectivity index (χ0n) is 10.8. The SMILES string of the molecule is C[C@@H]1COP(C23CC(Cc4ccccc4)(C2)C3)O1. The van der Waals surface area contributed by atoms with Crippen LogP contribution in [0, 0.1) is 5.41 Å². The summed E-state index contributed by atoms with van der Waals surface area (Å²) in [6.45, 7) is 2.92. The Labute approximate surface area is 110 Å². The quantitative estimate of drug-likeness (QED) is 0.769. The van der Waals surface area contributed by atoms with Gasteiger partial charge in [-0.15, -0.1) is 0 Å². The first-order chi connectivity index (χ1) is 8.70. The molecule has 2 nitrogen and oxygen atoms in total. The standard InChI is InChI=1S/C15H19O2P/c1-12-8-16-18(17-12)15-9-14(10-15,11-15)7-13-5-3-2-4-6-13/h2-6,12H,7-11H2,1H3/t12-,14?,15?,18?/m1/s1. The highest BCUT2D eigenvalue weighted by molar-refractivity contribution is 7.49. The molecule has 0 N–H and O–H groups in total. The van der Waals surface area contributed by atoms with E-state index >= 15 is 0 Å². The summed E-state index contributed by atoms with van der Waals surface area (Å²) in [6.07, 6.45) is 5.54. The Kier molecular flexibility index (Phi) is 2.40. The predicted octanol–water partition coefficient (Wildman–Crippen LogP) is 3.90. The third-order valence-corrected chi connectivity index (χ3v) is 6.81. The van der Waals surface area contributed by atoms with E-state index in [1.54, 1.807) is 0 Å². The van der Waals surface area contributed by atoms with Gasteiger partial charge in [-0.3, -0.25) is 0 Å². The van der Waals surface area contributed by atoms with Crippen LogP contribution >= 0.6 is 8.38 Å². The third-order valence-electron chi connectivity index (χ3n) is 4.62.